The maximum Gasteiger partial charge on any atom is 0.0409 e. The minimum Gasteiger partial charge on any atom is -0.366 e. The summed E-state index contributed by atoms with van der Waals surface area (Å²) in [5.41, 5.74) is 7.29. The highest BCUT2D eigenvalue weighted by atomic mass is 15.2. The van der Waals surface area contributed by atoms with E-state index in [9.17, 15) is 0 Å². The van der Waals surface area contributed by atoms with E-state index in [2.05, 4.69) is 75.1 Å². The Hall–Kier alpha value is -1.76. The van der Waals surface area contributed by atoms with Gasteiger partial charge >= 0.3 is 0 Å². The average molecular weight is 279 g/mol. The number of aryl methyl sites for hydroxylation is 1. The van der Waals surface area contributed by atoms with Crippen molar-refractivity contribution in [3.63, 3.8) is 0 Å². The number of hydrogen-bond acceptors (Lipinski definition) is 1. The first-order valence-electron chi connectivity index (χ1n) is 8.08. The molecule has 1 heteroatoms. The molecule has 1 aliphatic rings. The number of benzene rings is 2. The molecule has 0 heterocycles. The van der Waals surface area contributed by atoms with E-state index >= 15 is 0 Å². The van der Waals surface area contributed by atoms with E-state index in [1.807, 2.05) is 0 Å². The number of nitrogens with zero attached hydrogens (tertiary/aromatic N) is 1. The van der Waals surface area contributed by atoms with Crippen molar-refractivity contribution < 1.29 is 0 Å². The fourth-order valence-corrected chi connectivity index (χ4v) is 3.74. The maximum atomic E-state index is 2.55. The molecule has 0 N–H and O–H groups in total. The van der Waals surface area contributed by atoms with Gasteiger partial charge in [-0.05, 0) is 68.9 Å². The van der Waals surface area contributed by atoms with Gasteiger partial charge in [0.25, 0.3) is 0 Å². The highest BCUT2D eigenvalue weighted by Crippen LogP contribution is 2.39. The van der Waals surface area contributed by atoms with Crippen LogP contribution in [0.1, 0.15) is 38.8 Å². The van der Waals surface area contributed by atoms with Crippen LogP contribution < -0.4 is 4.90 Å². The second-order valence-electron chi connectivity index (χ2n) is 6.56. The first-order valence-corrected chi connectivity index (χ1v) is 8.08. The van der Waals surface area contributed by atoms with Gasteiger partial charge in [0.15, 0.2) is 0 Å². The summed E-state index contributed by atoms with van der Waals surface area (Å²) < 4.78 is 0. The smallest absolute Gasteiger partial charge is 0.0409 e. The Morgan fingerprint density at radius 3 is 2.14 bits per heavy atom. The van der Waals surface area contributed by atoms with Crippen molar-refractivity contribution in [3.8, 4) is 11.1 Å². The summed E-state index contributed by atoms with van der Waals surface area (Å²) in [5.74, 6) is 0. The first kappa shape index (κ1) is 14.2. The van der Waals surface area contributed by atoms with Gasteiger partial charge in [0.05, 0.1) is 0 Å². The highest BCUT2D eigenvalue weighted by molar-refractivity contribution is 5.79. The summed E-state index contributed by atoms with van der Waals surface area (Å²) >= 11 is 0. The molecule has 3 rings (SSSR count). The third-order valence-electron chi connectivity index (χ3n) is 4.49. The van der Waals surface area contributed by atoms with Gasteiger partial charge in [-0.1, -0.05) is 36.4 Å². The lowest BCUT2D eigenvalue weighted by Gasteiger charge is -2.36. The molecule has 0 saturated heterocycles. The molecule has 2 aromatic rings. The van der Waals surface area contributed by atoms with Crippen LogP contribution >= 0.6 is 0 Å². The second-order valence-corrected chi connectivity index (χ2v) is 6.56. The van der Waals surface area contributed by atoms with Crippen LogP contribution in [0.2, 0.25) is 0 Å². The van der Waals surface area contributed by atoms with Gasteiger partial charge in [-0.15, -0.1) is 0 Å². The molecule has 1 aliphatic carbocycles. The summed E-state index contributed by atoms with van der Waals surface area (Å²) in [6, 6.07) is 16.7. The standard InChI is InChI=1S/C20H25N/c1-14(2)21(15(3)4)20-11-7-10-18-17-9-6-5-8-16(17)12-13-19(18)20/h5-11,14-15H,12-13H2,1-4H3. The molecule has 0 atom stereocenters. The van der Waals surface area contributed by atoms with Gasteiger partial charge < -0.3 is 4.90 Å². The van der Waals surface area contributed by atoms with E-state index in [0.29, 0.717) is 12.1 Å². The lowest BCUT2D eigenvalue weighted by atomic mass is 9.84. The molecule has 2 aromatic carbocycles. The second kappa shape index (κ2) is 5.55. The van der Waals surface area contributed by atoms with Crippen molar-refractivity contribution in [2.24, 2.45) is 0 Å². The molecule has 0 radical (unpaired) electrons. The zero-order valence-corrected chi connectivity index (χ0v) is 13.6. The van der Waals surface area contributed by atoms with Crippen molar-refractivity contribution in [1.29, 1.82) is 0 Å². The van der Waals surface area contributed by atoms with Crippen molar-refractivity contribution in [2.45, 2.75) is 52.6 Å². The quantitative estimate of drug-likeness (QED) is 0.757. The molecule has 0 spiro atoms. The van der Waals surface area contributed by atoms with Crippen LogP contribution in [-0.2, 0) is 12.8 Å². The Balaban J connectivity index is 2.16. The number of hydrogen-bond donors (Lipinski definition) is 0. The third-order valence-corrected chi connectivity index (χ3v) is 4.49. The average Bonchev–Trinajstić information content (AvgIpc) is 2.46. The fraction of sp³-hybridized carbons (Fsp3) is 0.400. The number of fused-ring (bicyclic) bond motifs is 3. The molecule has 0 fully saturated rings. The Labute approximate surface area is 128 Å². The molecule has 110 valence electrons. The van der Waals surface area contributed by atoms with E-state index in [-0.39, 0.29) is 0 Å². The van der Waals surface area contributed by atoms with Gasteiger partial charge in [0.1, 0.15) is 0 Å². The van der Waals surface area contributed by atoms with Crippen LogP contribution in [-0.4, -0.2) is 12.1 Å². The van der Waals surface area contributed by atoms with Gasteiger partial charge in [-0.3, -0.25) is 0 Å². The summed E-state index contributed by atoms with van der Waals surface area (Å²) in [7, 11) is 0. The topological polar surface area (TPSA) is 3.24 Å². The Morgan fingerprint density at radius 2 is 1.43 bits per heavy atom. The van der Waals surface area contributed by atoms with Gasteiger partial charge in [0.2, 0.25) is 0 Å². The van der Waals surface area contributed by atoms with Gasteiger partial charge in [0, 0.05) is 17.8 Å². The fourth-order valence-electron chi connectivity index (χ4n) is 3.74. The SMILES string of the molecule is CC(C)N(c1cccc2c1CCc1ccccc1-2)C(C)C. The molecular weight excluding hydrogens is 254 g/mol. The third kappa shape index (κ3) is 2.46. The lowest BCUT2D eigenvalue weighted by Crippen LogP contribution is -2.38. The first-order chi connectivity index (χ1) is 10.1. The van der Waals surface area contributed by atoms with E-state index in [1.54, 1.807) is 0 Å². The monoisotopic (exact) mass is 279 g/mol. The molecular formula is C20H25N. The lowest BCUT2D eigenvalue weighted by molar-refractivity contribution is 0.605. The van der Waals surface area contributed by atoms with Crippen molar-refractivity contribution in [2.75, 3.05) is 4.90 Å². The molecule has 1 nitrogen and oxygen atoms in total. The van der Waals surface area contributed by atoms with Crippen molar-refractivity contribution in [3.05, 3.63) is 53.6 Å². The Bertz CT molecular complexity index is 632. The molecule has 0 amide bonds. The molecule has 21 heavy (non-hydrogen) atoms. The zero-order chi connectivity index (χ0) is 15.0. The minimum atomic E-state index is 0.522. The maximum absolute atomic E-state index is 2.55. The van der Waals surface area contributed by atoms with Crippen LogP contribution in [0, 0.1) is 0 Å². The molecule has 0 aromatic heterocycles. The predicted molar refractivity (Wildman–Crippen MR) is 92.0 cm³/mol. The normalized spacial score (nSPS) is 13.2. The van der Waals surface area contributed by atoms with E-state index in [4.69, 9.17) is 0 Å². The molecule has 0 bridgehead atoms. The highest BCUT2D eigenvalue weighted by Gasteiger charge is 2.23. The Morgan fingerprint density at radius 1 is 0.762 bits per heavy atom. The predicted octanol–water partition coefficient (Wildman–Crippen LogP) is 5.08. The van der Waals surface area contributed by atoms with E-state index in [1.165, 1.54) is 27.9 Å². The van der Waals surface area contributed by atoms with E-state index in [0.717, 1.165) is 12.8 Å². The Kier molecular flexibility index (Phi) is 3.75. The molecule has 0 saturated carbocycles. The van der Waals surface area contributed by atoms with Crippen molar-refractivity contribution >= 4 is 5.69 Å². The number of anilines is 1. The van der Waals surface area contributed by atoms with Gasteiger partial charge in [-0.25, -0.2) is 0 Å². The van der Waals surface area contributed by atoms with E-state index < -0.39 is 0 Å². The molecule has 0 unspecified atom stereocenters. The summed E-state index contributed by atoms with van der Waals surface area (Å²) in [6.45, 7) is 9.15. The van der Waals surface area contributed by atoms with Gasteiger partial charge in [-0.2, -0.15) is 0 Å². The van der Waals surface area contributed by atoms with Crippen molar-refractivity contribution in [1.82, 2.24) is 0 Å². The minimum absolute atomic E-state index is 0.522. The largest absolute Gasteiger partial charge is 0.366 e. The van der Waals surface area contributed by atoms with Crippen LogP contribution in [0.15, 0.2) is 42.5 Å². The van der Waals surface area contributed by atoms with Crippen LogP contribution in [0.3, 0.4) is 0 Å². The molecule has 0 aliphatic heterocycles. The summed E-state index contributed by atoms with van der Waals surface area (Å²) in [6.07, 6.45) is 2.31. The van der Waals surface area contributed by atoms with Crippen LogP contribution in [0.4, 0.5) is 5.69 Å². The zero-order valence-electron chi connectivity index (χ0n) is 13.6. The van der Waals surface area contributed by atoms with Crippen LogP contribution in [0.5, 0.6) is 0 Å². The summed E-state index contributed by atoms with van der Waals surface area (Å²) in [4.78, 5) is 2.55. The van der Waals surface area contributed by atoms with Crippen LogP contribution in [0.25, 0.3) is 11.1 Å². The number of rotatable bonds is 3. The summed E-state index contributed by atoms with van der Waals surface area (Å²) in [5, 5.41) is 0.